The minimum absolute atomic E-state index is 0.162. The summed E-state index contributed by atoms with van der Waals surface area (Å²) < 4.78 is 5.31. The van der Waals surface area contributed by atoms with E-state index in [1.807, 2.05) is 31.2 Å². The van der Waals surface area contributed by atoms with Crippen molar-refractivity contribution in [2.24, 2.45) is 0 Å². The lowest BCUT2D eigenvalue weighted by Gasteiger charge is -2.04. The summed E-state index contributed by atoms with van der Waals surface area (Å²) in [6.07, 6.45) is 0.714. The van der Waals surface area contributed by atoms with Gasteiger partial charge in [0.2, 0.25) is 0 Å². The highest BCUT2D eigenvalue weighted by molar-refractivity contribution is 5.67. The number of ether oxygens (including phenoxy) is 1. The van der Waals surface area contributed by atoms with Gasteiger partial charge in [-0.1, -0.05) is 12.1 Å². The van der Waals surface area contributed by atoms with E-state index in [9.17, 15) is 4.79 Å². The van der Waals surface area contributed by atoms with Gasteiger partial charge in [0.25, 0.3) is 0 Å². The zero-order valence-corrected chi connectivity index (χ0v) is 8.19. The van der Waals surface area contributed by atoms with E-state index in [1.165, 1.54) is 0 Å². The number of carbonyl (C=O) groups is 1. The lowest BCUT2D eigenvalue weighted by Crippen LogP contribution is -1.98. The second kappa shape index (κ2) is 5.27. The Kier molecular flexibility index (Phi) is 3.98. The van der Waals surface area contributed by atoms with Crippen LogP contribution in [0.15, 0.2) is 24.3 Å². The normalized spacial score (nSPS) is 9.79. The highest BCUT2D eigenvalue weighted by atomic mass is 16.5. The molecular weight excluding hydrogens is 180 g/mol. The molecule has 76 valence electrons. The molecule has 0 amide bonds. The Morgan fingerprint density at radius 1 is 1.50 bits per heavy atom. The first-order chi connectivity index (χ1) is 6.72. The predicted octanol–water partition coefficient (Wildman–Crippen LogP) is 2.10. The van der Waals surface area contributed by atoms with Crippen LogP contribution in [-0.4, -0.2) is 17.7 Å². The van der Waals surface area contributed by atoms with E-state index in [1.54, 1.807) is 0 Å². The van der Waals surface area contributed by atoms with Crippen LogP contribution in [0.25, 0.3) is 0 Å². The van der Waals surface area contributed by atoms with Gasteiger partial charge >= 0.3 is 5.97 Å². The Morgan fingerprint density at radius 2 is 2.29 bits per heavy atom. The molecule has 0 atom stereocenters. The van der Waals surface area contributed by atoms with Gasteiger partial charge in [-0.25, -0.2) is 0 Å². The first-order valence-corrected chi connectivity index (χ1v) is 4.66. The Morgan fingerprint density at radius 3 is 2.93 bits per heavy atom. The topological polar surface area (TPSA) is 46.5 Å². The molecule has 1 N–H and O–H groups in total. The largest absolute Gasteiger partial charge is 0.494 e. The van der Waals surface area contributed by atoms with Crippen LogP contribution in [0.5, 0.6) is 5.75 Å². The molecule has 1 rings (SSSR count). The van der Waals surface area contributed by atoms with Crippen molar-refractivity contribution >= 4 is 5.97 Å². The minimum atomic E-state index is -0.771. The summed E-state index contributed by atoms with van der Waals surface area (Å²) in [6, 6.07) is 7.54. The summed E-state index contributed by atoms with van der Waals surface area (Å²) in [6.45, 7) is 2.55. The van der Waals surface area contributed by atoms with Gasteiger partial charge in [0, 0.05) is 6.42 Å². The summed E-state index contributed by atoms with van der Waals surface area (Å²) in [5.74, 6) is 0.0298. The summed E-state index contributed by atoms with van der Waals surface area (Å²) in [7, 11) is 0. The molecule has 0 aliphatic rings. The molecule has 1 aromatic rings. The third-order valence-corrected chi connectivity index (χ3v) is 1.84. The van der Waals surface area contributed by atoms with Gasteiger partial charge in [-0.05, 0) is 31.0 Å². The van der Waals surface area contributed by atoms with Gasteiger partial charge in [-0.2, -0.15) is 0 Å². The lowest BCUT2D eigenvalue weighted by molar-refractivity contribution is -0.136. The maximum atomic E-state index is 10.4. The number of benzene rings is 1. The van der Waals surface area contributed by atoms with E-state index in [2.05, 4.69) is 0 Å². The molecular formula is C11H14O3. The Balaban J connectivity index is 2.58. The number of hydrogen-bond acceptors (Lipinski definition) is 2. The average molecular weight is 194 g/mol. The van der Waals surface area contributed by atoms with Crippen LogP contribution in [0.3, 0.4) is 0 Å². The average Bonchev–Trinajstić information content (AvgIpc) is 2.16. The van der Waals surface area contributed by atoms with Crippen LogP contribution >= 0.6 is 0 Å². The maximum absolute atomic E-state index is 10.4. The first-order valence-electron chi connectivity index (χ1n) is 4.66. The van der Waals surface area contributed by atoms with E-state index < -0.39 is 5.97 Å². The van der Waals surface area contributed by atoms with Gasteiger partial charge in [-0.3, -0.25) is 4.79 Å². The van der Waals surface area contributed by atoms with Crippen molar-refractivity contribution in [3.05, 3.63) is 29.8 Å². The van der Waals surface area contributed by atoms with Gasteiger partial charge < -0.3 is 9.84 Å². The molecule has 0 aliphatic heterocycles. The number of aryl methyl sites for hydroxylation is 1. The number of carboxylic acids is 1. The highest BCUT2D eigenvalue weighted by Gasteiger charge is 2.00. The zero-order valence-electron chi connectivity index (χ0n) is 8.19. The van der Waals surface area contributed by atoms with E-state index in [4.69, 9.17) is 9.84 Å². The quantitative estimate of drug-likeness (QED) is 0.780. The smallest absolute Gasteiger partial charge is 0.303 e. The molecule has 0 fully saturated rings. The van der Waals surface area contributed by atoms with Gasteiger partial charge in [0.05, 0.1) is 6.61 Å². The molecule has 0 saturated carbocycles. The molecule has 0 aliphatic carbocycles. The summed E-state index contributed by atoms with van der Waals surface area (Å²) in [5.41, 5.74) is 0.998. The summed E-state index contributed by atoms with van der Waals surface area (Å²) >= 11 is 0. The van der Waals surface area contributed by atoms with Crippen molar-refractivity contribution in [1.82, 2.24) is 0 Å². The van der Waals surface area contributed by atoms with Crippen LogP contribution in [0.4, 0.5) is 0 Å². The van der Waals surface area contributed by atoms with Crippen LogP contribution in [0, 0.1) is 0 Å². The molecule has 0 unspecified atom stereocenters. The van der Waals surface area contributed by atoms with Crippen molar-refractivity contribution in [3.8, 4) is 5.75 Å². The Labute approximate surface area is 83.3 Å². The molecule has 0 saturated heterocycles. The van der Waals surface area contributed by atoms with Crippen molar-refractivity contribution < 1.29 is 14.6 Å². The number of carboxylic acid groups (broad SMARTS) is 1. The molecule has 3 heteroatoms. The number of aliphatic carboxylic acids is 1. The Bertz CT molecular complexity index is 307. The fourth-order valence-corrected chi connectivity index (χ4v) is 1.21. The molecule has 0 bridgehead atoms. The van der Waals surface area contributed by atoms with Gasteiger partial charge in [0.15, 0.2) is 0 Å². The van der Waals surface area contributed by atoms with E-state index in [0.717, 1.165) is 11.3 Å². The molecule has 14 heavy (non-hydrogen) atoms. The van der Waals surface area contributed by atoms with Crippen molar-refractivity contribution in [1.29, 1.82) is 0 Å². The molecule has 0 radical (unpaired) electrons. The minimum Gasteiger partial charge on any atom is -0.494 e. The Hall–Kier alpha value is -1.51. The maximum Gasteiger partial charge on any atom is 0.303 e. The molecule has 0 heterocycles. The van der Waals surface area contributed by atoms with Crippen LogP contribution in [0.2, 0.25) is 0 Å². The third-order valence-electron chi connectivity index (χ3n) is 1.84. The predicted molar refractivity (Wildman–Crippen MR) is 53.6 cm³/mol. The number of rotatable bonds is 5. The summed E-state index contributed by atoms with van der Waals surface area (Å²) in [5, 5.41) is 8.52. The second-order valence-corrected chi connectivity index (χ2v) is 2.97. The van der Waals surface area contributed by atoms with Crippen LogP contribution < -0.4 is 4.74 Å². The van der Waals surface area contributed by atoms with Gasteiger partial charge in [0.1, 0.15) is 5.75 Å². The monoisotopic (exact) mass is 194 g/mol. The third kappa shape index (κ3) is 3.47. The van der Waals surface area contributed by atoms with Crippen molar-refractivity contribution in [2.45, 2.75) is 19.8 Å². The molecule has 0 aromatic heterocycles. The fraction of sp³-hybridized carbons (Fsp3) is 0.364. The number of hydrogen-bond donors (Lipinski definition) is 1. The first kappa shape index (κ1) is 10.6. The second-order valence-electron chi connectivity index (χ2n) is 2.97. The standard InChI is InChI=1S/C11H14O3/c1-2-14-10-5-3-4-9(8-10)6-7-11(12)13/h3-5,8H,2,6-7H2,1H3,(H,12,13). The SMILES string of the molecule is CCOc1cccc(CCC(=O)O)c1. The van der Waals surface area contributed by atoms with Crippen molar-refractivity contribution in [3.63, 3.8) is 0 Å². The van der Waals surface area contributed by atoms with E-state index in [0.29, 0.717) is 13.0 Å². The van der Waals surface area contributed by atoms with E-state index in [-0.39, 0.29) is 6.42 Å². The van der Waals surface area contributed by atoms with Crippen LogP contribution in [-0.2, 0) is 11.2 Å². The zero-order chi connectivity index (χ0) is 10.4. The highest BCUT2D eigenvalue weighted by Crippen LogP contribution is 2.14. The summed E-state index contributed by atoms with van der Waals surface area (Å²) in [4.78, 5) is 10.4. The van der Waals surface area contributed by atoms with Crippen molar-refractivity contribution in [2.75, 3.05) is 6.61 Å². The molecule has 0 spiro atoms. The fourth-order valence-electron chi connectivity index (χ4n) is 1.21. The molecule has 1 aromatic carbocycles. The van der Waals surface area contributed by atoms with Crippen LogP contribution in [0.1, 0.15) is 18.9 Å². The van der Waals surface area contributed by atoms with E-state index >= 15 is 0 Å². The van der Waals surface area contributed by atoms with Gasteiger partial charge in [-0.15, -0.1) is 0 Å². The molecule has 3 nitrogen and oxygen atoms in total. The lowest BCUT2D eigenvalue weighted by atomic mass is 10.1.